The summed E-state index contributed by atoms with van der Waals surface area (Å²) in [6, 6.07) is 9.38. The SMILES string of the molecule is C[C@H](NC(=O)C(=O)Nc1cnc2c(F)cccc2c1)c1ccc(C(F)(F)F)cc1. The summed E-state index contributed by atoms with van der Waals surface area (Å²) < 4.78 is 51.5. The molecule has 9 heteroatoms. The van der Waals surface area contributed by atoms with Gasteiger partial charge in [-0.1, -0.05) is 24.3 Å². The van der Waals surface area contributed by atoms with E-state index in [-0.39, 0.29) is 11.2 Å². The number of alkyl halides is 3. The van der Waals surface area contributed by atoms with Crippen LogP contribution in [0.5, 0.6) is 0 Å². The first-order valence-electron chi connectivity index (χ1n) is 8.48. The molecule has 3 rings (SSSR count). The van der Waals surface area contributed by atoms with Crippen molar-refractivity contribution in [3.05, 3.63) is 71.7 Å². The quantitative estimate of drug-likeness (QED) is 0.507. The van der Waals surface area contributed by atoms with Crippen LogP contribution < -0.4 is 10.6 Å². The number of rotatable bonds is 3. The molecule has 3 aromatic rings. The van der Waals surface area contributed by atoms with Gasteiger partial charge in [-0.3, -0.25) is 14.6 Å². The standard InChI is InChI=1S/C20H15F4N3O2/c1-11(12-5-7-14(8-6-12)20(22,23)24)26-18(28)19(29)27-15-9-13-3-2-4-16(21)17(13)25-10-15/h2-11H,1H3,(H,26,28)(H,27,29)/t11-/m0/s1. The van der Waals surface area contributed by atoms with E-state index in [1.807, 2.05) is 0 Å². The van der Waals surface area contributed by atoms with Crippen LogP contribution in [0.15, 0.2) is 54.7 Å². The van der Waals surface area contributed by atoms with Crippen molar-refractivity contribution in [2.45, 2.75) is 19.1 Å². The molecule has 2 aromatic carbocycles. The fourth-order valence-electron chi connectivity index (χ4n) is 2.69. The summed E-state index contributed by atoms with van der Waals surface area (Å²) in [4.78, 5) is 28.1. The summed E-state index contributed by atoms with van der Waals surface area (Å²) in [5.74, 6) is -2.47. The highest BCUT2D eigenvalue weighted by Gasteiger charge is 2.30. The summed E-state index contributed by atoms with van der Waals surface area (Å²) in [6.07, 6.45) is -3.24. The number of aromatic nitrogens is 1. The summed E-state index contributed by atoms with van der Waals surface area (Å²) in [5.41, 5.74) is -0.0731. The molecule has 29 heavy (non-hydrogen) atoms. The largest absolute Gasteiger partial charge is 0.416 e. The second kappa shape index (κ2) is 7.86. The number of hydrogen-bond donors (Lipinski definition) is 2. The third kappa shape index (κ3) is 4.68. The fraction of sp³-hybridized carbons (Fsp3) is 0.150. The molecule has 0 aliphatic carbocycles. The van der Waals surface area contributed by atoms with E-state index in [4.69, 9.17) is 0 Å². The Labute approximate surface area is 162 Å². The molecule has 0 radical (unpaired) electrons. The first-order chi connectivity index (χ1) is 13.6. The van der Waals surface area contributed by atoms with Crippen molar-refractivity contribution in [2.24, 2.45) is 0 Å². The minimum Gasteiger partial charge on any atom is -0.341 e. The monoisotopic (exact) mass is 405 g/mol. The second-order valence-corrected chi connectivity index (χ2v) is 6.30. The van der Waals surface area contributed by atoms with E-state index in [1.165, 1.54) is 43.5 Å². The number of carbonyl (C=O) groups is 2. The summed E-state index contributed by atoms with van der Waals surface area (Å²) in [5, 5.41) is 5.21. The molecule has 2 amide bonds. The summed E-state index contributed by atoms with van der Waals surface area (Å²) >= 11 is 0. The molecule has 1 aromatic heterocycles. The average Bonchev–Trinajstić information content (AvgIpc) is 2.67. The van der Waals surface area contributed by atoms with Gasteiger partial charge >= 0.3 is 18.0 Å². The minimum atomic E-state index is -4.46. The lowest BCUT2D eigenvalue weighted by Crippen LogP contribution is -2.36. The summed E-state index contributed by atoms with van der Waals surface area (Å²) in [6.45, 7) is 1.54. The normalized spacial score (nSPS) is 12.4. The molecule has 0 unspecified atom stereocenters. The lowest BCUT2D eigenvalue weighted by atomic mass is 10.1. The molecule has 1 heterocycles. The topological polar surface area (TPSA) is 71.1 Å². The maximum Gasteiger partial charge on any atom is 0.416 e. The number of nitrogens with one attached hydrogen (secondary N) is 2. The van der Waals surface area contributed by atoms with Crippen molar-refractivity contribution in [3.63, 3.8) is 0 Å². The number of pyridine rings is 1. The number of nitrogens with zero attached hydrogens (tertiary/aromatic N) is 1. The van der Waals surface area contributed by atoms with Gasteiger partial charge in [0.15, 0.2) is 0 Å². The van der Waals surface area contributed by atoms with Gasteiger partial charge in [0, 0.05) is 5.39 Å². The Kier molecular flexibility index (Phi) is 5.49. The van der Waals surface area contributed by atoms with Crippen LogP contribution in [0.4, 0.5) is 23.2 Å². The zero-order chi connectivity index (χ0) is 21.2. The van der Waals surface area contributed by atoms with Crippen LogP contribution in [0.3, 0.4) is 0 Å². The van der Waals surface area contributed by atoms with E-state index >= 15 is 0 Å². The van der Waals surface area contributed by atoms with Crippen molar-refractivity contribution in [1.82, 2.24) is 10.3 Å². The van der Waals surface area contributed by atoms with Gasteiger partial charge in [0.05, 0.1) is 23.5 Å². The molecule has 0 fully saturated rings. The third-order valence-corrected chi connectivity index (χ3v) is 4.21. The van der Waals surface area contributed by atoms with E-state index in [9.17, 15) is 27.2 Å². The van der Waals surface area contributed by atoms with E-state index in [0.29, 0.717) is 10.9 Å². The van der Waals surface area contributed by atoms with Crippen molar-refractivity contribution in [3.8, 4) is 0 Å². The van der Waals surface area contributed by atoms with Crippen molar-refractivity contribution < 1.29 is 27.2 Å². The maximum atomic E-state index is 13.6. The molecule has 0 bridgehead atoms. The van der Waals surface area contributed by atoms with Gasteiger partial charge in [-0.25, -0.2) is 4.39 Å². The van der Waals surface area contributed by atoms with E-state index < -0.39 is 35.4 Å². The molecule has 2 N–H and O–H groups in total. The third-order valence-electron chi connectivity index (χ3n) is 4.21. The highest BCUT2D eigenvalue weighted by atomic mass is 19.4. The number of hydrogen-bond acceptors (Lipinski definition) is 3. The van der Waals surface area contributed by atoms with Crippen LogP contribution in [0.2, 0.25) is 0 Å². The van der Waals surface area contributed by atoms with Gasteiger partial charge in [-0.15, -0.1) is 0 Å². The molecule has 5 nitrogen and oxygen atoms in total. The number of anilines is 1. The predicted octanol–water partition coefficient (Wildman–Crippen LogP) is 4.21. The number of fused-ring (bicyclic) bond motifs is 1. The van der Waals surface area contributed by atoms with Crippen molar-refractivity contribution in [1.29, 1.82) is 0 Å². The van der Waals surface area contributed by atoms with Gasteiger partial charge in [-0.2, -0.15) is 13.2 Å². The van der Waals surface area contributed by atoms with Crippen LogP contribution in [0, 0.1) is 5.82 Å². The van der Waals surface area contributed by atoms with Gasteiger partial charge in [0.2, 0.25) is 0 Å². The van der Waals surface area contributed by atoms with Crippen LogP contribution in [0.1, 0.15) is 24.1 Å². The van der Waals surface area contributed by atoms with Crippen LogP contribution in [-0.4, -0.2) is 16.8 Å². The molecule has 150 valence electrons. The average molecular weight is 405 g/mol. The molecule has 0 aliphatic rings. The van der Waals surface area contributed by atoms with Crippen LogP contribution in [-0.2, 0) is 15.8 Å². The molecule has 1 atom stereocenters. The molecular formula is C20H15F4N3O2. The lowest BCUT2D eigenvalue weighted by molar-refractivity contribution is -0.137. The minimum absolute atomic E-state index is 0.130. The number of carbonyl (C=O) groups excluding carboxylic acids is 2. The van der Waals surface area contributed by atoms with Gasteiger partial charge in [0.25, 0.3) is 0 Å². The Morgan fingerprint density at radius 2 is 1.72 bits per heavy atom. The van der Waals surface area contributed by atoms with E-state index in [2.05, 4.69) is 15.6 Å². The first kappa shape index (κ1) is 20.2. The Morgan fingerprint density at radius 3 is 2.38 bits per heavy atom. The number of para-hydroxylation sites is 1. The fourth-order valence-corrected chi connectivity index (χ4v) is 2.69. The smallest absolute Gasteiger partial charge is 0.341 e. The van der Waals surface area contributed by atoms with Crippen LogP contribution >= 0.6 is 0 Å². The number of amides is 2. The Bertz CT molecular complexity index is 1070. The second-order valence-electron chi connectivity index (χ2n) is 6.30. The zero-order valence-electron chi connectivity index (χ0n) is 15.0. The summed E-state index contributed by atoms with van der Waals surface area (Å²) in [7, 11) is 0. The lowest BCUT2D eigenvalue weighted by Gasteiger charge is -2.15. The molecule has 0 saturated carbocycles. The number of halogens is 4. The number of benzene rings is 2. The molecular weight excluding hydrogens is 390 g/mol. The maximum absolute atomic E-state index is 13.6. The van der Waals surface area contributed by atoms with E-state index in [0.717, 1.165) is 12.1 Å². The highest BCUT2D eigenvalue weighted by molar-refractivity contribution is 6.39. The molecule has 0 aliphatic heterocycles. The Hall–Kier alpha value is -3.49. The van der Waals surface area contributed by atoms with Gasteiger partial charge < -0.3 is 10.6 Å². The van der Waals surface area contributed by atoms with E-state index in [1.54, 1.807) is 6.07 Å². The highest BCUT2D eigenvalue weighted by Crippen LogP contribution is 2.29. The van der Waals surface area contributed by atoms with Gasteiger partial charge in [0.1, 0.15) is 11.3 Å². The Balaban J connectivity index is 1.65. The van der Waals surface area contributed by atoms with Crippen LogP contribution in [0.25, 0.3) is 10.9 Å². The predicted molar refractivity (Wildman–Crippen MR) is 98.3 cm³/mol. The molecule has 0 spiro atoms. The first-order valence-corrected chi connectivity index (χ1v) is 8.48. The van der Waals surface area contributed by atoms with Gasteiger partial charge in [-0.05, 0) is 36.8 Å². The van der Waals surface area contributed by atoms with Crippen molar-refractivity contribution >= 4 is 28.4 Å². The van der Waals surface area contributed by atoms with Crippen molar-refractivity contribution in [2.75, 3.05) is 5.32 Å². The molecule has 0 saturated heterocycles. The Morgan fingerprint density at radius 1 is 1.03 bits per heavy atom. The zero-order valence-corrected chi connectivity index (χ0v) is 15.0.